The molecule has 2 aromatic carbocycles. The minimum atomic E-state index is -0.114. The average Bonchev–Trinajstić information content (AvgIpc) is 3.14. The van der Waals surface area contributed by atoms with Gasteiger partial charge in [-0.3, -0.25) is 15.1 Å². The molecule has 1 heterocycles. The van der Waals surface area contributed by atoms with Crippen molar-refractivity contribution in [2.45, 2.75) is 6.61 Å². The smallest absolute Gasteiger partial charge is 0.198 e. The third kappa shape index (κ3) is 4.85. The zero-order valence-corrected chi connectivity index (χ0v) is 15.6. The molecular formula is C19H15BrN2O2S. The van der Waals surface area contributed by atoms with Crippen molar-refractivity contribution in [2.24, 2.45) is 0 Å². The lowest BCUT2D eigenvalue weighted by Gasteiger charge is -2.04. The lowest BCUT2D eigenvalue weighted by atomic mass is 10.2. The molecule has 0 unspecified atom stereocenters. The van der Waals surface area contributed by atoms with Crippen LogP contribution in [0.25, 0.3) is 10.6 Å². The summed E-state index contributed by atoms with van der Waals surface area (Å²) in [4.78, 5) is 22.4. The molecule has 0 amide bonds. The molecule has 3 aromatic rings. The number of carbonyl (C=O) groups is 1. The van der Waals surface area contributed by atoms with E-state index in [1.165, 1.54) is 23.6 Å². The standard InChI is InChI=1S/C19H15BrN2O2S/c20-16-9-5-4-8-15(16)13-24-22-11-10-17(23)18-12-21-19(25-18)14-6-2-1-3-7-14/h1-12,22H,13H2. The first-order valence-electron chi connectivity index (χ1n) is 7.57. The minimum Gasteiger partial charge on any atom is -0.288 e. The molecule has 25 heavy (non-hydrogen) atoms. The third-order valence-corrected chi connectivity index (χ3v) is 5.18. The summed E-state index contributed by atoms with van der Waals surface area (Å²) in [5.41, 5.74) is 4.69. The van der Waals surface area contributed by atoms with E-state index in [9.17, 15) is 4.79 Å². The van der Waals surface area contributed by atoms with Crippen LogP contribution in [0.2, 0.25) is 0 Å². The molecule has 0 aliphatic carbocycles. The van der Waals surface area contributed by atoms with Crippen molar-refractivity contribution in [1.29, 1.82) is 0 Å². The fraction of sp³-hybridized carbons (Fsp3) is 0.0526. The van der Waals surface area contributed by atoms with E-state index in [4.69, 9.17) is 4.84 Å². The Bertz CT molecular complexity index is 878. The molecule has 0 aliphatic rings. The van der Waals surface area contributed by atoms with E-state index in [-0.39, 0.29) is 5.78 Å². The second kappa shape index (κ2) is 8.71. The summed E-state index contributed by atoms with van der Waals surface area (Å²) in [5, 5.41) is 0.829. The van der Waals surface area contributed by atoms with Crippen LogP contribution in [0.3, 0.4) is 0 Å². The van der Waals surface area contributed by atoms with Gasteiger partial charge in [0.2, 0.25) is 0 Å². The predicted molar refractivity (Wildman–Crippen MR) is 103 cm³/mol. The Morgan fingerprint density at radius 2 is 1.92 bits per heavy atom. The summed E-state index contributed by atoms with van der Waals surface area (Å²) in [5.74, 6) is -0.114. The Morgan fingerprint density at radius 3 is 2.72 bits per heavy atom. The number of hydrogen-bond donors (Lipinski definition) is 1. The molecule has 0 aliphatic heterocycles. The van der Waals surface area contributed by atoms with Gasteiger partial charge in [-0.05, 0) is 11.6 Å². The minimum absolute atomic E-state index is 0.114. The molecule has 0 atom stereocenters. The highest BCUT2D eigenvalue weighted by Gasteiger charge is 2.09. The molecule has 0 saturated heterocycles. The van der Waals surface area contributed by atoms with E-state index in [1.807, 2.05) is 54.6 Å². The first kappa shape index (κ1) is 17.5. The number of carbonyl (C=O) groups excluding carboxylic acids is 1. The number of hydroxylamine groups is 1. The average molecular weight is 415 g/mol. The van der Waals surface area contributed by atoms with Crippen LogP contribution in [0.1, 0.15) is 15.2 Å². The second-order valence-electron chi connectivity index (χ2n) is 5.09. The van der Waals surface area contributed by atoms with Gasteiger partial charge in [-0.15, -0.1) is 11.3 Å². The van der Waals surface area contributed by atoms with E-state index < -0.39 is 0 Å². The highest BCUT2D eigenvalue weighted by atomic mass is 79.9. The summed E-state index contributed by atoms with van der Waals surface area (Å²) >= 11 is 4.83. The highest BCUT2D eigenvalue weighted by molar-refractivity contribution is 9.10. The number of aromatic nitrogens is 1. The fourth-order valence-corrected chi connectivity index (χ4v) is 3.32. The number of allylic oxidation sites excluding steroid dienone is 1. The number of ketones is 1. The van der Waals surface area contributed by atoms with Gasteiger partial charge in [0.05, 0.1) is 4.88 Å². The van der Waals surface area contributed by atoms with Gasteiger partial charge >= 0.3 is 0 Å². The molecule has 1 N–H and O–H groups in total. The van der Waals surface area contributed by atoms with Crippen molar-refractivity contribution in [3.63, 3.8) is 0 Å². The van der Waals surface area contributed by atoms with Crippen molar-refractivity contribution in [3.8, 4) is 10.6 Å². The molecule has 0 saturated carbocycles. The Kier molecular flexibility index (Phi) is 6.11. The first-order chi connectivity index (χ1) is 12.2. The molecule has 0 radical (unpaired) electrons. The van der Waals surface area contributed by atoms with Gasteiger partial charge in [0.1, 0.15) is 11.6 Å². The molecule has 1 aromatic heterocycles. The van der Waals surface area contributed by atoms with Gasteiger partial charge in [-0.25, -0.2) is 4.98 Å². The lowest BCUT2D eigenvalue weighted by molar-refractivity contribution is 0.0569. The zero-order valence-electron chi connectivity index (χ0n) is 13.2. The van der Waals surface area contributed by atoms with E-state index >= 15 is 0 Å². The number of nitrogens with zero attached hydrogens (tertiary/aromatic N) is 1. The number of nitrogens with one attached hydrogen (secondary N) is 1. The quantitative estimate of drug-likeness (QED) is 0.256. The molecule has 0 spiro atoms. The normalized spacial score (nSPS) is 10.9. The van der Waals surface area contributed by atoms with Crippen LogP contribution < -0.4 is 5.48 Å². The second-order valence-corrected chi connectivity index (χ2v) is 6.98. The van der Waals surface area contributed by atoms with Crippen molar-refractivity contribution in [3.05, 3.63) is 88.0 Å². The molecule has 3 rings (SSSR count). The molecule has 126 valence electrons. The maximum Gasteiger partial charge on any atom is 0.198 e. The maximum atomic E-state index is 12.2. The van der Waals surface area contributed by atoms with E-state index in [0.29, 0.717) is 11.5 Å². The number of benzene rings is 2. The monoisotopic (exact) mass is 414 g/mol. The Labute approximate surface area is 158 Å². The molecular weight excluding hydrogens is 400 g/mol. The number of halogens is 1. The van der Waals surface area contributed by atoms with Crippen LogP contribution >= 0.6 is 27.3 Å². The van der Waals surface area contributed by atoms with Crippen molar-refractivity contribution in [1.82, 2.24) is 10.5 Å². The van der Waals surface area contributed by atoms with Crippen LogP contribution in [-0.4, -0.2) is 10.8 Å². The number of hydrogen-bond acceptors (Lipinski definition) is 5. The predicted octanol–water partition coefficient (Wildman–Crippen LogP) is 4.99. The summed E-state index contributed by atoms with van der Waals surface area (Å²) < 4.78 is 0.981. The van der Waals surface area contributed by atoms with E-state index in [0.717, 1.165) is 20.6 Å². The van der Waals surface area contributed by atoms with E-state index in [1.54, 1.807) is 6.20 Å². The zero-order chi connectivity index (χ0) is 17.5. The molecule has 4 nitrogen and oxygen atoms in total. The van der Waals surface area contributed by atoms with Crippen molar-refractivity contribution < 1.29 is 9.63 Å². The van der Waals surface area contributed by atoms with Gasteiger partial charge in [-0.1, -0.05) is 64.5 Å². The summed E-state index contributed by atoms with van der Waals surface area (Å²) in [6, 6.07) is 17.6. The number of rotatable bonds is 7. The largest absolute Gasteiger partial charge is 0.288 e. The Balaban J connectivity index is 1.51. The van der Waals surface area contributed by atoms with Gasteiger partial charge in [0.15, 0.2) is 5.78 Å². The summed E-state index contributed by atoms with van der Waals surface area (Å²) in [6.07, 6.45) is 4.52. The van der Waals surface area contributed by atoms with Gasteiger partial charge in [-0.2, -0.15) is 0 Å². The van der Waals surface area contributed by atoms with Crippen molar-refractivity contribution in [2.75, 3.05) is 0 Å². The topological polar surface area (TPSA) is 51.2 Å². The Hall–Kier alpha value is -2.28. The van der Waals surface area contributed by atoms with Gasteiger partial charge in [0.25, 0.3) is 0 Å². The summed E-state index contributed by atoms with van der Waals surface area (Å²) in [6.45, 7) is 0.388. The SMILES string of the molecule is O=C(C=CNOCc1ccccc1Br)c1cnc(-c2ccccc2)s1. The van der Waals surface area contributed by atoms with Crippen LogP contribution in [0, 0.1) is 0 Å². The van der Waals surface area contributed by atoms with Crippen LogP contribution in [0.15, 0.2) is 77.5 Å². The van der Waals surface area contributed by atoms with Crippen LogP contribution in [0.4, 0.5) is 0 Å². The third-order valence-electron chi connectivity index (χ3n) is 3.34. The molecule has 0 fully saturated rings. The highest BCUT2D eigenvalue weighted by Crippen LogP contribution is 2.25. The summed E-state index contributed by atoms with van der Waals surface area (Å²) in [7, 11) is 0. The molecule has 0 bridgehead atoms. The van der Waals surface area contributed by atoms with Crippen molar-refractivity contribution >= 4 is 33.0 Å². The number of thiazole rings is 1. The van der Waals surface area contributed by atoms with Gasteiger partial charge < -0.3 is 0 Å². The lowest BCUT2D eigenvalue weighted by Crippen LogP contribution is -2.07. The van der Waals surface area contributed by atoms with E-state index in [2.05, 4.69) is 26.4 Å². The maximum absolute atomic E-state index is 12.2. The van der Waals surface area contributed by atoms with Crippen LogP contribution in [0.5, 0.6) is 0 Å². The van der Waals surface area contributed by atoms with Gasteiger partial charge in [0, 0.05) is 28.5 Å². The Morgan fingerprint density at radius 1 is 1.16 bits per heavy atom. The molecule has 6 heteroatoms. The van der Waals surface area contributed by atoms with Crippen LogP contribution in [-0.2, 0) is 11.4 Å². The fourth-order valence-electron chi connectivity index (χ4n) is 2.08. The first-order valence-corrected chi connectivity index (χ1v) is 9.18.